The summed E-state index contributed by atoms with van der Waals surface area (Å²) in [5.74, 6) is -2.66. The lowest BCUT2D eigenvalue weighted by Crippen LogP contribution is -2.49. The number of carbonyl (C=O) groups is 6. The second-order valence-corrected chi connectivity index (χ2v) is 18.8. The van der Waals surface area contributed by atoms with Gasteiger partial charge in [0.1, 0.15) is 11.5 Å². The highest BCUT2D eigenvalue weighted by atomic mass is 16.7. The number of hydrogen-bond donors (Lipinski definition) is 0. The Morgan fingerprint density at radius 1 is 0.500 bits per heavy atom. The van der Waals surface area contributed by atoms with Gasteiger partial charge in [-0.25, -0.2) is 9.59 Å². The summed E-state index contributed by atoms with van der Waals surface area (Å²) in [5, 5.41) is 3.95. The topological polar surface area (TPSA) is 185 Å². The minimum atomic E-state index is -1.05. The van der Waals surface area contributed by atoms with Gasteiger partial charge in [-0.3, -0.25) is 38.9 Å². The number of carbonyl (C=O) groups excluding carboxylic acids is 6. The van der Waals surface area contributed by atoms with Crippen molar-refractivity contribution in [3.63, 3.8) is 0 Å². The van der Waals surface area contributed by atoms with Crippen LogP contribution in [0, 0.1) is 13.8 Å². The van der Waals surface area contributed by atoms with Gasteiger partial charge in [0.15, 0.2) is 13.2 Å². The summed E-state index contributed by atoms with van der Waals surface area (Å²) in [6.45, 7) is 9.33. The molecule has 4 aromatic carbocycles. The Kier molecular flexibility index (Phi) is 14.6. The number of amides is 4. The van der Waals surface area contributed by atoms with Gasteiger partial charge >= 0.3 is 11.9 Å². The number of pyridine rings is 2. The number of ether oxygens (including phenoxy) is 2. The number of hydroxylamine groups is 2. The predicted octanol–water partition coefficient (Wildman–Crippen LogP) is 5.58. The fourth-order valence-corrected chi connectivity index (χ4v) is 9.90. The number of rotatable bonds is 14. The fourth-order valence-electron chi connectivity index (χ4n) is 9.90. The van der Waals surface area contributed by atoms with Crippen LogP contribution in [0.4, 0.5) is 11.4 Å². The van der Waals surface area contributed by atoms with Crippen LogP contribution in [0.1, 0.15) is 46.5 Å². The second-order valence-electron chi connectivity index (χ2n) is 18.8. The van der Waals surface area contributed by atoms with Crippen LogP contribution >= 0.6 is 0 Å². The van der Waals surface area contributed by atoms with Gasteiger partial charge in [-0.1, -0.05) is 60.7 Å². The van der Waals surface area contributed by atoms with Gasteiger partial charge in [0.25, 0.3) is 23.6 Å². The number of benzene rings is 4. The molecule has 18 heteroatoms. The highest BCUT2D eigenvalue weighted by Crippen LogP contribution is 2.39. The van der Waals surface area contributed by atoms with Gasteiger partial charge in [-0.15, -0.1) is 10.1 Å². The van der Waals surface area contributed by atoms with Crippen molar-refractivity contribution in [2.45, 2.75) is 52.6 Å². The minimum Gasteiger partial charge on any atom is -0.483 e. The van der Waals surface area contributed by atoms with Crippen LogP contribution in [0.15, 0.2) is 109 Å². The van der Waals surface area contributed by atoms with Gasteiger partial charge in [0.05, 0.1) is 33.8 Å². The summed E-state index contributed by atoms with van der Waals surface area (Å²) in [6, 6.07) is 31.1. The van der Waals surface area contributed by atoms with E-state index < -0.39 is 23.8 Å². The summed E-state index contributed by atoms with van der Waals surface area (Å²) in [5.41, 5.74) is 6.90. The molecule has 74 heavy (non-hydrogen) atoms. The van der Waals surface area contributed by atoms with Crippen LogP contribution in [0.3, 0.4) is 0 Å². The molecule has 2 aromatic heterocycles. The Morgan fingerprint density at radius 3 is 1.32 bits per heavy atom. The van der Waals surface area contributed by atoms with E-state index in [2.05, 4.69) is 21.9 Å². The van der Waals surface area contributed by atoms with Crippen LogP contribution in [0.5, 0.6) is 11.5 Å². The maximum Gasteiger partial charge on any atom is 0.356 e. The summed E-state index contributed by atoms with van der Waals surface area (Å²) in [7, 11) is 0. The third kappa shape index (κ3) is 11.1. The van der Waals surface area contributed by atoms with Crippen molar-refractivity contribution < 1.29 is 47.9 Å². The molecule has 4 amide bonds. The average Bonchev–Trinajstić information content (AvgIpc) is 3.42. The predicted molar refractivity (Wildman–Crippen MR) is 273 cm³/mol. The van der Waals surface area contributed by atoms with Crippen molar-refractivity contribution in [2.24, 2.45) is 0 Å². The molecule has 0 bridgehead atoms. The van der Waals surface area contributed by atoms with E-state index in [-0.39, 0.29) is 50.7 Å². The smallest absolute Gasteiger partial charge is 0.356 e. The van der Waals surface area contributed by atoms with Crippen molar-refractivity contribution >= 4 is 68.7 Å². The molecule has 380 valence electrons. The average molecular weight is 1000 g/mol. The summed E-state index contributed by atoms with van der Waals surface area (Å²) < 4.78 is 12.1. The van der Waals surface area contributed by atoms with E-state index in [1.807, 2.05) is 60.7 Å². The SMILES string of the molecule is Cc1ccc(OCC(=O)N2CCN(Cc3ccc4ccccc4n3)CC2)c2c1N(OC(=O)/C=C\C(=O)ON1C(=O)CCc3c(OCC(=O)N4CCN(Cc5ccc6ccccc6n5)CC4)ccc(C)c31)C(=O)CC2. The van der Waals surface area contributed by atoms with E-state index in [1.54, 1.807) is 47.9 Å². The largest absolute Gasteiger partial charge is 0.483 e. The Hall–Kier alpha value is -8.22. The van der Waals surface area contributed by atoms with Crippen LogP contribution in [-0.4, -0.2) is 131 Å². The van der Waals surface area contributed by atoms with Gasteiger partial charge in [0, 0.05) is 112 Å². The lowest BCUT2D eigenvalue weighted by molar-refractivity contribution is -0.147. The van der Waals surface area contributed by atoms with Gasteiger partial charge in [-0.05, 0) is 74.2 Å². The highest BCUT2D eigenvalue weighted by molar-refractivity contribution is 6.01. The van der Waals surface area contributed by atoms with Crippen molar-refractivity contribution in [1.29, 1.82) is 0 Å². The summed E-state index contributed by atoms with van der Waals surface area (Å²) >= 11 is 0. The third-order valence-electron chi connectivity index (χ3n) is 13.9. The van der Waals surface area contributed by atoms with E-state index >= 15 is 0 Å². The van der Waals surface area contributed by atoms with Gasteiger partial charge in [-0.2, -0.15) is 0 Å². The number of aromatic nitrogens is 2. The lowest BCUT2D eigenvalue weighted by atomic mass is 9.98. The van der Waals surface area contributed by atoms with Crippen molar-refractivity contribution in [2.75, 3.05) is 75.7 Å². The quantitative estimate of drug-likeness (QED) is 0.123. The third-order valence-corrected chi connectivity index (χ3v) is 13.9. The molecular weight excluding hydrogens is 945 g/mol. The molecule has 10 rings (SSSR count). The molecule has 0 N–H and O–H groups in total. The maximum atomic E-state index is 13.4. The zero-order valence-electron chi connectivity index (χ0n) is 41.4. The molecular formula is C56H56N8O10. The Bertz CT molecular complexity index is 2990. The van der Waals surface area contributed by atoms with Crippen molar-refractivity contribution in [1.82, 2.24) is 29.6 Å². The molecule has 0 unspecified atom stereocenters. The van der Waals surface area contributed by atoms with Gasteiger partial charge in [0.2, 0.25) is 0 Å². The number of piperazine rings is 2. The summed E-state index contributed by atoms with van der Waals surface area (Å²) in [6.07, 6.45) is 2.17. The molecule has 4 aliphatic heterocycles. The maximum absolute atomic E-state index is 13.4. The van der Waals surface area contributed by atoms with Gasteiger partial charge < -0.3 is 28.9 Å². The number of hydrogen-bond acceptors (Lipinski definition) is 14. The minimum absolute atomic E-state index is 0.00801. The number of aryl methyl sites for hydroxylation is 2. The monoisotopic (exact) mass is 1000 g/mol. The molecule has 0 aliphatic carbocycles. The first kappa shape index (κ1) is 49.4. The number of fused-ring (bicyclic) bond motifs is 4. The zero-order valence-corrected chi connectivity index (χ0v) is 41.4. The molecule has 2 fully saturated rings. The van der Waals surface area contributed by atoms with E-state index in [1.165, 1.54) is 0 Å². The van der Waals surface area contributed by atoms with Crippen LogP contribution in [0.2, 0.25) is 0 Å². The van der Waals surface area contributed by atoms with E-state index in [0.717, 1.165) is 55.5 Å². The molecule has 0 saturated carbocycles. The highest BCUT2D eigenvalue weighted by Gasteiger charge is 2.34. The van der Waals surface area contributed by atoms with E-state index in [4.69, 9.17) is 29.1 Å². The molecule has 18 nitrogen and oxygen atoms in total. The van der Waals surface area contributed by atoms with Crippen LogP contribution in [0.25, 0.3) is 21.8 Å². The first-order valence-corrected chi connectivity index (χ1v) is 24.9. The molecule has 6 heterocycles. The first-order valence-electron chi connectivity index (χ1n) is 24.9. The van der Waals surface area contributed by atoms with E-state index in [0.29, 0.717) is 111 Å². The molecule has 0 atom stereocenters. The first-order chi connectivity index (χ1) is 35.9. The van der Waals surface area contributed by atoms with Crippen LogP contribution < -0.4 is 19.6 Å². The Labute approximate surface area is 427 Å². The molecule has 6 aromatic rings. The summed E-state index contributed by atoms with van der Waals surface area (Å²) in [4.78, 5) is 108. The molecule has 4 aliphatic rings. The molecule has 0 spiro atoms. The van der Waals surface area contributed by atoms with Crippen molar-refractivity contribution in [3.8, 4) is 11.5 Å². The standard InChI is InChI=1S/C56H56N8O10/c1-37-11-19-47(71-35-51(67)61-29-25-59(26-30-61)33-41-15-13-39-7-3-5-9-45(39)57-41)43-17-21-49(65)63(55(37)43)73-53(69)23-24-54(70)74-64-50(66)22-18-44-48(20-12-38(2)56(44)64)72-36-52(68)62-31-27-60(28-32-62)34-42-16-14-40-8-4-6-10-46(40)58-42/h3-16,19-20,23-24H,17-18,21-22,25-36H2,1-2H3/b24-23-. The number of nitrogens with zero attached hydrogens (tertiary/aromatic N) is 8. The second kappa shape index (κ2) is 21.9. The fraction of sp³-hybridized carbons (Fsp3) is 0.321. The van der Waals surface area contributed by atoms with Crippen molar-refractivity contribution in [3.05, 3.63) is 143 Å². The molecule has 0 radical (unpaired) electrons. The number of anilines is 2. The van der Waals surface area contributed by atoms with E-state index in [9.17, 15) is 28.8 Å². The zero-order chi connectivity index (χ0) is 51.3. The van der Waals surface area contributed by atoms with Crippen LogP contribution in [-0.2, 0) is 64.4 Å². The lowest BCUT2D eigenvalue weighted by Gasteiger charge is -2.34. The number of para-hydroxylation sites is 2. The molecule has 2 saturated heterocycles. The Balaban J connectivity index is 0.707. The normalized spacial score (nSPS) is 16.4. The Morgan fingerprint density at radius 2 is 0.905 bits per heavy atom.